The number of piperazine rings is 3. The minimum Gasteiger partial charge on any atom is -0.462 e. The van der Waals surface area contributed by atoms with Gasteiger partial charge in [0.15, 0.2) is 0 Å². The molecule has 0 spiro atoms. The fourth-order valence-electron chi connectivity index (χ4n) is 19.2. The molecule has 15 rings (SSSR count). The van der Waals surface area contributed by atoms with Crippen LogP contribution in [0.5, 0.6) is 18.0 Å². The highest BCUT2D eigenvalue weighted by atomic mass is 35.5. The molecule has 0 radical (unpaired) electrons. The molecule has 6 saturated heterocycles. The van der Waals surface area contributed by atoms with Crippen LogP contribution in [-0.2, 0) is 53.3 Å². The molecule has 2 aromatic carbocycles. The summed E-state index contributed by atoms with van der Waals surface area (Å²) in [4.78, 5) is 101. The predicted molar refractivity (Wildman–Crippen MR) is 449 cm³/mol. The second kappa shape index (κ2) is 35.7. The van der Waals surface area contributed by atoms with Crippen molar-refractivity contribution in [3.63, 3.8) is 0 Å². The lowest BCUT2D eigenvalue weighted by Gasteiger charge is -2.42. The minimum atomic E-state index is -0.404. The second-order valence-electron chi connectivity index (χ2n) is 33.2. The topological polar surface area (TPSA) is 279 Å². The van der Waals surface area contributed by atoms with E-state index in [1.165, 1.54) is 28.8 Å². The molecule has 0 bridgehead atoms. The van der Waals surface area contributed by atoms with E-state index in [1.807, 2.05) is 20.0 Å². The summed E-state index contributed by atoms with van der Waals surface area (Å²) in [6.07, 6.45) is 12.1. The fourth-order valence-corrected chi connectivity index (χ4v) is 19.4. The monoisotopic (exact) mass is 1620 g/mol. The summed E-state index contributed by atoms with van der Waals surface area (Å²) in [6.45, 7) is 28.1. The minimum absolute atomic E-state index is 0.00260. The molecular weight excluding hydrogens is 1520 g/mol. The van der Waals surface area contributed by atoms with Crippen LogP contribution in [0.2, 0.25) is 5.02 Å². The first-order valence-corrected chi connectivity index (χ1v) is 41.9. The molecule has 6 fully saturated rings. The number of hydrogen-bond acceptors (Lipinski definition) is 25. The van der Waals surface area contributed by atoms with Crippen molar-refractivity contribution in [3.8, 4) is 48.1 Å². The number of aryl methyl sites for hydroxylation is 1. The molecule has 6 aromatic rings. The van der Waals surface area contributed by atoms with E-state index in [1.54, 1.807) is 33.9 Å². The molecule has 0 N–H and O–H groups in total. The molecule has 3 unspecified atom stereocenters. The van der Waals surface area contributed by atoms with Crippen molar-refractivity contribution < 1.29 is 33.0 Å². The number of fused-ring (bicyclic) bond motifs is 3. The first kappa shape index (κ1) is 82.2. The third-order valence-corrected chi connectivity index (χ3v) is 26.5. The van der Waals surface area contributed by atoms with Gasteiger partial charge in [-0.25, -0.2) is 4.39 Å². The molecule has 13 heterocycles. The van der Waals surface area contributed by atoms with Gasteiger partial charge in [0.2, 0.25) is 11.8 Å². The standard InChI is InChI=1S/C88H106ClFN22O6/c1-11-15-82(115)112-35-32-109(48-65(112)19-25-93)83-69-20-27-104(49-74(69)95-86(98-83)116-52-66-16-14-26-101(66)8)77-40-59(36-55(4)56(77)5)61-37-67(102(9)44-61)53-117-87-96-75-50-105(28-21-70(75)84(99-87)107-30-33-110(80(113)12-2)63(46-107)17-23-91)78-41-60(39-73(90)58(78)7)62-38-68(103(10)45-62)54-118-88-97-76-51-106(79-43-94-42-72(89)57(79)6)29-22-71(76)85(100-88)108-31-34-111(81(114)13-3)64(47-108)18-24-92/h12-13,36,39-43,61-68H,2-3,14,16-22,26-35,37-38,44-54H2,1,4-10H3/t61?,62?,63?,64-,65-,66-,67-,68-/m0/s1. The van der Waals surface area contributed by atoms with E-state index in [-0.39, 0.29) is 103 Å². The van der Waals surface area contributed by atoms with Crippen molar-refractivity contribution >= 4 is 63.8 Å². The van der Waals surface area contributed by atoms with Gasteiger partial charge < -0.3 is 63.2 Å². The highest BCUT2D eigenvalue weighted by Crippen LogP contribution is 2.43. The summed E-state index contributed by atoms with van der Waals surface area (Å²) in [5, 5.41) is 30.5. The maximum absolute atomic E-state index is 16.9. The summed E-state index contributed by atoms with van der Waals surface area (Å²) in [7, 11) is 6.35. The van der Waals surface area contributed by atoms with Gasteiger partial charge in [-0.3, -0.25) is 29.2 Å². The molecule has 4 aromatic heterocycles. The molecule has 618 valence electrons. The van der Waals surface area contributed by atoms with Crippen molar-refractivity contribution in [1.29, 1.82) is 15.8 Å². The van der Waals surface area contributed by atoms with E-state index in [4.69, 9.17) is 55.7 Å². The van der Waals surface area contributed by atoms with Crippen LogP contribution in [0.25, 0.3) is 0 Å². The molecule has 0 aliphatic carbocycles. The van der Waals surface area contributed by atoms with Gasteiger partial charge in [-0.05, 0) is 183 Å². The lowest BCUT2D eigenvalue weighted by molar-refractivity contribution is -0.129. The molecule has 118 heavy (non-hydrogen) atoms. The number of nitriles is 3. The van der Waals surface area contributed by atoms with Crippen molar-refractivity contribution in [1.82, 2.24) is 64.3 Å². The van der Waals surface area contributed by atoms with Crippen molar-refractivity contribution in [3.05, 3.63) is 140 Å². The number of aromatic nitrogens is 7. The molecule has 8 atom stereocenters. The Hall–Kier alpha value is -11.0. The van der Waals surface area contributed by atoms with Crippen LogP contribution < -0.4 is 43.6 Å². The zero-order valence-corrected chi connectivity index (χ0v) is 69.9. The van der Waals surface area contributed by atoms with E-state index >= 15 is 4.39 Å². The maximum atomic E-state index is 16.9. The Balaban J connectivity index is 0.655. The van der Waals surface area contributed by atoms with Gasteiger partial charge in [0, 0.05) is 150 Å². The highest BCUT2D eigenvalue weighted by Gasteiger charge is 2.41. The van der Waals surface area contributed by atoms with Crippen LogP contribution in [0.1, 0.15) is 131 Å². The Labute approximate surface area is 696 Å². The lowest BCUT2D eigenvalue weighted by Crippen LogP contribution is -2.55. The number of rotatable bonds is 22. The van der Waals surface area contributed by atoms with Crippen LogP contribution in [0.4, 0.5) is 38.9 Å². The third-order valence-electron chi connectivity index (χ3n) is 26.2. The Morgan fingerprint density at radius 1 is 0.508 bits per heavy atom. The summed E-state index contributed by atoms with van der Waals surface area (Å²) in [5.74, 6) is 6.82. The average molecular weight is 1620 g/mol. The molecule has 28 nitrogen and oxygen atoms in total. The van der Waals surface area contributed by atoms with E-state index in [2.05, 4.69) is 145 Å². The number of carbonyl (C=O) groups is 3. The van der Waals surface area contributed by atoms with Crippen molar-refractivity contribution in [2.24, 2.45) is 0 Å². The van der Waals surface area contributed by atoms with Gasteiger partial charge in [0.1, 0.15) is 43.1 Å². The zero-order valence-electron chi connectivity index (χ0n) is 69.1. The quantitative estimate of drug-likeness (QED) is 0.0454. The number of amides is 3. The second-order valence-corrected chi connectivity index (χ2v) is 33.6. The van der Waals surface area contributed by atoms with Gasteiger partial charge in [-0.15, -0.1) is 0 Å². The number of carbonyl (C=O) groups excluding carboxylic acids is 3. The zero-order chi connectivity index (χ0) is 82.7. The molecular formula is C88H106ClFN22O6. The Morgan fingerprint density at radius 3 is 1.38 bits per heavy atom. The number of nitrogens with zero attached hydrogens (tertiary/aromatic N) is 22. The number of benzene rings is 2. The average Bonchev–Trinajstić information content (AvgIpc) is 0.832. The van der Waals surface area contributed by atoms with Gasteiger partial charge in [-0.2, -0.15) is 45.7 Å². The lowest BCUT2D eigenvalue weighted by atomic mass is 9.91. The van der Waals surface area contributed by atoms with Gasteiger partial charge in [0.05, 0.1) is 109 Å². The predicted octanol–water partition coefficient (Wildman–Crippen LogP) is 8.56. The maximum Gasteiger partial charge on any atom is 0.318 e. The first-order chi connectivity index (χ1) is 57.1. The van der Waals surface area contributed by atoms with E-state index in [9.17, 15) is 30.2 Å². The van der Waals surface area contributed by atoms with E-state index in [0.717, 1.165) is 112 Å². The van der Waals surface area contributed by atoms with Crippen molar-refractivity contribution in [2.75, 3.05) is 169 Å². The summed E-state index contributed by atoms with van der Waals surface area (Å²) < 4.78 is 37.0. The number of hydrogen-bond donors (Lipinski definition) is 0. The summed E-state index contributed by atoms with van der Waals surface area (Å²) >= 11 is 6.61. The van der Waals surface area contributed by atoms with Crippen LogP contribution in [0, 0.1) is 79.3 Å². The SMILES string of the molecule is C=CC(=O)N1CCN(c2nc(OC[C@@H]3CC(c4cc(C)c(C)c(N5CCc6c(nc(OC[C@@H]7CCCN7C)nc6N6CCN(C(=O)C#CC)[C@@H](CC#N)C6)C5)c4)CN3C)nc3c2CCN(c2cc(C4C[C@@H](COc5nc6c(c(N7CCN(C(=O)C=C)[C@@H](CC#N)C7)n5)CCN(c5cncc(Cl)c5C)C6)N(C)C4)cc(F)c2C)C3)CC1CC#N. The van der Waals surface area contributed by atoms with Gasteiger partial charge in [0.25, 0.3) is 5.91 Å². The smallest absolute Gasteiger partial charge is 0.318 e. The van der Waals surface area contributed by atoms with Gasteiger partial charge in [-0.1, -0.05) is 36.7 Å². The number of ether oxygens (including phenoxy) is 3. The summed E-state index contributed by atoms with van der Waals surface area (Å²) in [6, 6.07) is 15.3. The van der Waals surface area contributed by atoms with Crippen LogP contribution in [0.15, 0.2) is 62.0 Å². The summed E-state index contributed by atoms with van der Waals surface area (Å²) in [5.41, 5.74) is 14.3. The molecule has 9 aliphatic heterocycles. The van der Waals surface area contributed by atoms with Crippen LogP contribution in [-0.4, -0.2) is 257 Å². The fraction of sp³-hybridized carbons (Fsp3) is 0.534. The number of halogens is 2. The molecule has 9 aliphatic rings. The number of likely N-dealkylation sites (tertiary alicyclic amines) is 3. The Kier molecular flexibility index (Phi) is 24.9. The molecule has 0 saturated carbocycles. The van der Waals surface area contributed by atoms with Crippen molar-refractivity contribution in [2.45, 2.75) is 167 Å². The molecule has 3 amide bonds. The van der Waals surface area contributed by atoms with E-state index in [0.29, 0.717) is 159 Å². The number of anilines is 6. The number of pyridine rings is 1. The third kappa shape index (κ3) is 17.1. The largest absolute Gasteiger partial charge is 0.462 e. The first-order valence-electron chi connectivity index (χ1n) is 41.5. The van der Waals surface area contributed by atoms with Crippen LogP contribution >= 0.6 is 11.6 Å². The van der Waals surface area contributed by atoms with E-state index < -0.39 is 6.04 Å². The van der Waals surface area contributed by atoms with Crippen LogP contribution in [0.3, 0.4) is 0 Å². The Bertz CT molecular complexity index is 5060. The number of likely N-dealkylation sites (N-methyl/N-ethyl adjacent to an activating group) is 3. The normalized spacial score (nSPS) is 22.9. The highest BCUT2D eigenvalue weighted by molar-refractivity contribution is 6.31. The Morgan fingerprint density at radius 2 is 0.941 bits per heavy atom. The molecule has 30 heteroatoms. The van der Waals surface area contributed by atoms with Gasteiger partial charge >= 0.3 is 18.0 Å².